The normalized spacial score (nSPS) is 15.2. The first-order chi connectivity index (χ1) is 23.9. The fourth-order valence-electron chi connectivity index (χ4n) is 6.81. The number of benzene rings is 1. The van der Waals surface area contributed by atoms with Gasteiger partial charge < -0.3 is 14.7 Å². The molecule has 12 nitrogen and oxygen atoms in total. The Balaban J connectivity index is 1.36. The first kappa shape index (κ1) is 37.0. The summed E-state index contributed by atoms with van der Waals surface area (Å²) in [5, 5.41) is 14.5. The molecule has 3 aromatic rings. The molecule has 2 N–H and O–H groups in total. The molecule has 0 unspecified atom stereocenters. The Morgan fingerprint density at radius 1 is 1.04 bits per heavy atom. The van der Waals surface area contributed by atoms with E-state index in [-0.39, 0.29) is 48.3 Å². The molecule has 1 aliphatic heterocycles. The average Bonchev–Trinajstić information content (AvgIpc) is 3.45. The fraction of sp³-hybridized carbons (Fsp3) is 0.541. The van der Waals surface area contributed by atoms with Gasteiger partial charge in [-0.3, -0.25) is 14.3 Å². The van der Waals surface area contributed by atoms with Crippen LogP contribution >= 0.6 is 0 Å². The number of unbranched alkanes of at least 4 members (excludes halogenated alkanes) is 2. The van der Waals surface area contributed by atoms with Crippen molar-refractivity contribution in [2.75, 3.05) is 23.8 Å². The van der Waals surface area contributed by atoms with Gasteiger partial charge in [0.2, 0.25) is 10.0 Å². The maximum Gasteiger partial charge on any atom is 0.336 e. The number of ether oxygens (including phenoxy) is 1. The summed E-state index contributed by atoms with van der Waals surface area (Å²) >= 11 is 0. The predicted molar refractivity (Wildman–Crippen MR) is 190 cm³/mol. The van der Waals surface area contributed by atoms with E-state index in [4.69, 9.17) is 9.72 Å². The van der Waals surface area contributed by atoms with E-state index in [1.807, 2.05) is 36.4 Å². The standard InChI is InChI=1S/C37H49N5O7S/c1-25(2)24-49-34(43)15-8-5-9-20-50(47,48)40-36(44)35-29(31-21-38-42(26(31)3)22-27-11-6-4-7-12-27)16-17-33(39-35)41-19-18-28-13-10-14-30(37(45)46)32(28)23-41/h10,13-14,16-17,21,25,27H,4-9,11-12,15,18-20,22-24H2,1-3H3,(H,40,44)(H,45,46). The highest BCUT2D eigenvalue weighted by Gasteiger charge is 2.27. The van der Waals surface area contributed by atoms with Crippen LogP contribution in [0.2, 0.25) is 0 Å². The summed E-state index contributed by atoms with van der Waals surface area (Å²) in [6, 6.07) is 8.81. The van der Waals surface area contributed by atoms with Gasteiger partial charge in [0, 0.05) is 42.9 Å². The largest absolute Gasteiger partial charge is 0.478 e. The van der Waals surface area contributed by atoms with Gasteiger partial charge in [-0.05, 0) is 80.2 Å². The van der Waals surface area contributed by atoms with E-state index in [0.717, 1.165) is 30.6 Å². The SMILES string of the molecule is Cc1c(-c2ccc(N3CCc4cccc(C(=O)O)c4C3)nc2C(=O)NS(=O)(=O)CCCCCC(=O)OCC(C)C)cnn1CC1CCCCC1. The Morgan fingerprint density at radius 2 is 1.82 bits per heavy atom. The van der Waals surface area contributed by atoms with Crippen LogP contribution in [0.25, 0.3) is 11.1 Å². The van der Waals surface area contributed by atoms with Crippen LogP contribution in [0.15, 0.2) is 36.5 Å². The van der Waals surface area contributed by atoms with Crippen LogP contribution < -0.4 is 9.62 Å². The minimum Gasteiger partial charge on any atom is -0.478 e. The topological polar surface area (TPSA) is 161 Å². The Labute approximate surface area is 294 Å². The smallest absolute Gasteiger partial charge is 0.336 e. The summed E-state index contributed by atoms with van der Waals surface area (Å²) in [5.74, 6) is -1.22. The second-order valence-electron chi connectivity index (χ2n) is 14.0. The van der Waals surface area contributed by atoms with Gasteiger partial charge in [0.05, 0.1) is 24.1 Å². The summed E-state index contributed by atoms with van der Waals surface area (Å²) in [6.45, 7) is 7.82. The quantitative estimate of drug-likeness (QED) is 0.143. The van der Waals surface area contributed by atoms with Crippen molar-refractivity contribution < 1.29 is 32.6 Å². The predicted octanol–water partition coefficient (Wildman–Crippen LogP) is 5.91. The van der Waals surface area contributed by atoms with E-state index >= 15 is 0 Å². The number of rotatable bonds is 15. The van der Waals surface area contributed by atoms with Crippen molar-refractivity contribution in [3.05, 3.63) is 64.6 Å². The zero-order valence-electron chi connectivity index (χ0n) is 29.3. The molecule has 50 heavy (non-hydrogen) atoms. The number of carboxylic acid groups (broad SMARTS) is 1. The van der Waals surface area contributed by atoms with E-state index in [1.165, 1.54) is 19.3 Å². The summed E-state index contributed by atoms with van der Waals surface area (Å²) in [6.07, 6.45) is 9.74. The highest BCUT2D eigenvalue weighted by Crippen LogP contribution is 2.32. The minimum absolute atomic E-state index is 0.0448. The molecule has 2 aromatic heterocycles. The third-order valence-electron chi connectivity index (χ3n) is 9.59. The molecule has 3 heterocycles. The van der Waals surface area contributed by atoms with Crippen LogP contribution in [-0.4, -0.2) is 65.0 Å². The van der Waals surface area contributed by atoms with Crippen molar-refractivity contribution in [2.45, 2.75) is 98.1 Å². The lowest BCUT2D eigenvalue weighted by Gasteiger charge is -2.31. The Morgan fingerprint density at radius 3 is 2.56 bits per heavy atom. The molecule has 0 saturated heterocycles. The molecule has 270 valence electrons. The number of sulfonamides is 1. The number of carboxylic acids is 1. The zero-order chi connectivity index (χ0) is 35.8. The van der Waals surface area contributed by atoms with Crippen LogP contribution in [0.3, 0.4) is 0 Å². The Hall–Kier alpha value is -4.26. The van der Waals surface area contributed by atoms with Gasteiger partial charge in [-0.15, -0.1) is 0 Å². The lowest BCUT2D eigenvalue weighted by atomic mass is 9.89. The molecule has 0 atom stereocenters. The van der Waals surface area contributed by atoms with Crippen molar-refractivity contribution in [3.63, 3.8) is 0 Å². The lowest BCUT2D eigenvalue weighted by molar-refractivity contribution is -0.144. The van der Waals surface area contributed by atoms with E-state index < -0.39 is 21.9 Å². The van der Waals surface area contributed by atoms with Crippen molar-refractivity contribution in [2.24, 2.45) is 11.8 Å². The fourth-order valence-corrected chi connectivity index (χ4v) is 7.88. The molecule has 1 aliphatic carbocycles. The lowest BCUT2D eigenvalue weighted by Crippen LogP contribution is -2.35. The summed E-state index contributed by atoms with van der Waals surface area (Å²) in [7, 11) is -4.02. The van der Waals surface area contributed by atoms with E-state index in [0.29, 0.717) is 60.8 Å². The highest BCUT2D eigenvalue weighted by molar-refractivity contribution is 7.90. The van der Waals surface area contributed by atoms with E-state index in [9.17, 15) is 27.9 Å². The van der Waals surface area contributed by atoms with Gasteiger partial charge >= 0.3 is 11.9 Å². The summed E-state index contributed by atoms with van der Waals surface area (Å²) in [5.41, 5.74) is 3.86. The number of carbonyl (C=O) groups is 3. The second kappa shape index (κ2) is 16.6. The van der Waals surface area contributed by atoms with Crippen molar-refractivity contribution >= 4 is 33.7 Å². The maximum atomic E-state index is 13.8. The summed E-state index contributed by atoms with van der Waals surface area (Å²) < 4.78 is 35.6. The number of aromatic nitrogens is 3. The minimum atomic E-state index is -4.02. The number of anilines is 1. The molecular formula is C37H49N5O7S. The number of nitrogens with zero attached hydrogens (tertiary/aromatic N) is 4. The average molecular weight is 708 g/mol. The summed E-state index contributed by atoms with van der Waals surface area (Å²) in [4.78, 5) is 44.4. The van der Waals surface area contributed by atoms with Crippen LogP contribution in [0.1, 0.15) is 109 Å². The third-order valence-corrected chi connectivity index (χ3v) is 10.9. The molecule has 1 amide bonds. The molecule has 2 aliphatic rings. The van der Waals surface area contributed by atoms with Crippen LogP contribution in [0.4, 0.5) is 5.82 Å². The number of carbonyl (C=O) groups excluding carboxylic acids is 2. The molecule has 5 rings (SSSR count). The molecule has 0 spiro atoms. The third kappa shape index (κ3) is 9.49. The molecule has 0 radical (unpaired) electrons. The number of pyridine rings is 1. The number of hydrogen-bond acceptors (Lipinski definition) is 9. The number of esters is 1. The number of aromatic carboxylic acids is 1. The Bertz CT molecular complexity index is 1800. The number of nitrogens with one attached hydrogen (secondary N) is 1. The maximum absolute atomic E-state index is 13.8. The van der Waals surface area contributed by atoms with E-state index in [2.05, 4.69) is 9.82 Å². The molecule has 13 heteroatoms. The van der Waals surface area contributed by atoms with Gasteiger partial charge in [0.15, 0.2) is 0 Å². The first-order valence-electron chi connectivity index (χ1n) is 17.7. The molecular weight excluding hydrogens is 659 g/mol. The van der Waals surface area contributed by atoms with Gasteiger partial charge in [-0.1, -0.05) is 51.7 Å². The number of hydrogen-bond donors (Lipinski definition) is 2. The molecule has 1 aromatic carbocycles. The van der Waals surface area contributed by atoms with Crippen molar-refractivity contribution in [3.8, 4) is 11.1 Å². The van der Waals surface area contributed by atoms with Gasteiger partial charge in [-0.2, -0.15) is 5.10 Å². The van der Waals surface area contributed by atoms with Gasteiger partial charge in [-0.25, -0.2) is 22.9 Å². The van der Waals surface area contributed by atoms with Gasteiger partial charge in [0.25, 0.3) is 5.91 Å². The van der Waals surface area contributed by atoms with Crippen molar-refractivity contribution in [1.82, 2.24) is 19.5 Å². The molecule has 1 fully saturated rings. The first-order valence-corrected chi connectivity index (χ1v) is 19.4. The number of amides is 1. The van der Waals surface area contributed by atoms with Crippen molar-refractivity contribution in [1.29, 1.82) is 0 Å². The van der Waals surface area contributed by atoms with Crippen LogP contribution in [0.5, 0.6) is 0 Å². The molecule has 0 bridgehead atoms. The van der Waals surface area contributed by atoms with Gasteiger partial charge in [0.1, 0.15) is 11.5 Å². The zero-order valence-corrected chi connectivity index (χ0v) is 30.1. The second-order valence-corrected chi connectivity index (χ2v) is 15.8. The Kier molecular flexibility index (Phi) is 12.3. The monoisotopic (exact) mass is 707 g/mol. The van der Waals surface area contributed by atoms with Crippen LogP contribution in [-0.2, 0) is 39.1 Å². The molecule has 1 saturated carbocycles. The van der Waals surface area contributed by atoms with E-state index in [1.54, 1.807) is 30.5 Å². The highest BCUT2D eigenvalue weighted by atomic mass is 32.2. The van der Waals surface area contributed by atoms with Crippen LogP contribution in [0, 0.1) is 18.8 Å². The number of fused-ring (bicyclic) bond motifs is 1.